The largest absolute Gasteiger partial charge is 0.478 e. The van der Waals surface area contributed by atoms with Crippen molar-refractivity contribution in [2.45, 2.75) is 25.7 Å². The Labute approximate surface area is 112 Å². The molecule has 1 heterocycles. The molecular weight excluding hydrogens is 250 g/mol. The molecule has 0 aromatic rings. The van der Waals surface area contributed by atoms with Gasteiger partial charge in [-0.15, -0.1) is 0 Å². The number of unbranched alkanes of at least 4 members (excludes halogenated alkanes) is 2. The molecule has 6 heteroatoms. The number of nitrogens with zero attached hydrogens (tertiary/aromatic N) is 1. The van der Waals surface area contributed by atoms with Gasteiger partial charge in [-0.25, -0.2) is 9.59 Å². The summed E-state index contributed by atoms with van der Waals surface area (Å²) in [5.74, 6) is -2.35. The Morgan fingerprint density at radius 3 is 2.37 bits per heavy atom. The first-order valence-electron chi connectivity index (χ1n) is 6.56. The van der Waals surface area contributed by atoms with Crippen LogP contribution < -0.4 is 0 Å². The van der Waals surface area contributed by atoms with Crippen LogP contribution in [-0.4, -0.2) is 59.9 Å². The zero-order valence-electron chi connectivity index (χ0n) is 11.0. The van der Waals surface area contributed by atoms with Crippen molar-refractivity contribution in [1.29, 1.82) is 0 Å². The van der Waals surface area contributed by atoms with Gasteiger partial charge >= 0.3 is 11.9 Å². The Hall–Kier alpha value is -1.40. The van der Waals surface area contributed by atoms with Crippen molar-refractivity contribution in [1.82, 2.24) is 4.90 Å². The average Bonchev–Trinajstić information content (AvgIpc) is 2.37. The van der Waals surface area contributed by atoms with Crippen LogP contribution in [0.4, 0.5) is 0 Å². The summed E-state index contributed by atoms with van der Waals surface area (Å²) in [4.78, 5) is 23.6. The summed E-state index contributed by atoms with van der Waals surface area (Å²) in [6.07, 6.45) is 3.70. The van der Waals surface area contributed by atoms with Gasteiger partial charge in [-0.1, -0.05) is 6.42 Å². The summed E-state index contributed by atoms with van der Waals surface area (Å²) in [6.45, 7) is 4.47. The molecule has 1 fully saturated rings. The lowest BCUT2D eigenvalue weighted by Crippen LogP contribution is -2.36. The first-order chi connectivity index (χ1) is 9.09. The molecule has 0 amide bonds. The first-order valence-corrected chi connectivity index (χ1v) is 6.56. The third kappa shape index (κ3) is 6.93. The minimum atomic E-state index is -1.20. The van der Waals surface area contributed by atoms with Crippen molar-refractivity contribution in [3.8, 4) is 0 Å². The fourth-order valence-corrected chi connectivity index (χ4v) is 2.04. The van der Waals surface area contributed by atoms with Crippen molar-refractivity contribution < 1.29 is 24.5 Å². The van der Waals surface area contributed by atoms with Crippen molar-refractivity contribution in [2.75, 3.05) is 32.8 Å². The summed E-state index contributed by atoms with van der Waals surface area (Å²) >= 11 is 0. The zero-order chi connectivity index (χ0) is 14.1. The van der Waals surface area contributed by atoms with E-state index in [9.17, 15) is 9.59 Å². The minimum Gasteiger partial charge on any atom is -0.478 e. The molecule has 0 atom stereocenters. The summed E-state index contributed by atoms with van der Waals surface area (Å²) in [7, 11) is 0. The molecule has 0 spiro atoms. The van der Waals surface area contributed by atoms with Gasteiger partial charge in [0, 0.05) is 24.7 Å². The molecule has 1 aliphatic rings. The summed E-state index contributed by atoms with van der Waals surface area (Å²) in [5.41, 5.74) is -0.0288. The van der Waals surface area contributed by atoms with Crippen LogP contribution in [0.5, 0.6) is 0 Å². The average molecular weight is 271 g/mol. The molecule has 0 aliphatic carbocycles. The van der Waals surface area contributed by atoms with Crippen molar-refractivity contribution in [3.05, 3.63) is 11.6 Å². The van der Waals surface area contributed by atoms with E-state index in [1.54, 1.807) is 0 Å². The van der Waals surface area contributed by atoms with Gasteiger partial charge in [0.05, 0.1) is 13.2 Å². The Balaban J connectivity index is 2.14. The Bertz CT molecular complexity index is 334. The summed E-state index contributed by atoms with van der Waals surface area (Å²) < 4.78 is 5.25. The molecule has 0 saturated carbocycles. The predicted molar refractivity (Wildman–Crippen MR) is 69.1 cm³/mol. The number of carboxylic acids is 2. The van der Waals surface area contributed by atoms with Crippen molar-refractivity contribution >= 4 is 11.9 Å². The minimum absolute atomic E-state index is 0.0288. The molecule has 19 heavy (non-hydrogen) atoms. The van der Waals surface area contributed by atoms with Gasteiger partial charge < -0.3 is 14.9 Å². The van der Waals surface area contributed by atoms with Crippen LogP contribution in [0.25, 0.3) is 0 Å². The second kappa shape index (κ2) is 8.66. The highest BCUT2D eigenvalue weighted by Crippen LogP contribution is 2.10. The van der Waals surface area contributed by atoms with Gasteiger partial charge in [-0.05, 0) is 25.8 Å². The normalized spacial score (nSPS) is 17.4. The SMILES string of the molecule is O=C(O)/C=C(\CCCCCN1CCOCC1)C(=O)O. The lowest BCUT2D eigenvalue weighted by Gasteiger charge is -2.26. The van der Waals surface area contributed by atoms with E-state index in [1.165, 1.54) is 0 Å². The monoisotopic (exact) mass is 271 g/mol. The number of morpholine rings is 1. The topological polar surface area (TPSA) is 87.1 Å². The van der Waals surface area contributed by atoms with Gasteiger partial charge in [0.25, 0.3) is 0 Å². The van der Waals surface area contributed by atoms with E-state index in [0.29, 0.717) is 12.8 Å². The number of rotatable bonds is 8. The van der Waals surface area contributed by atoms with E-state index in [0.717, 1.165) is 51.8 Å². The molecule has 1 saturated heterocycles. The quantitative estimate of drug-likeness (QED) is 0.505. The molecule has 0 unspecified atom stereocenters. The van der Waals surface area contributed by atoms with Crippen LogP contribution >= 0.6 is 0 Å². The van der Waals surface area contributed by atoms with Gasteiger partial charge in [0.1, 0.15) is 0 Å². The van der Waals surface area contributed by atoms with Crippen LogP contribution in [0.15, 0.2) is 11.6 Å². The highest BCUT2D eigenvalue weighted by atomic mass is 16.5. The lowest BCUT2D eigenvalue weighted by atomic mass is 10.1. The fraction of sp³-hybridized carbons (Fsp3) is 0.692. The standard InChI is InChI=1S/C13H21NO5/c15-12(16)10-11(13(17)18)4-2-1-3-5-14-6-8-19-9-7-14/h10H,1-9H2,(H,15,16)(H,17,18)/b11-10+. The third-order valence-corrected chi connectivity index (χ3v) is 3.10. The van der Waals surface area contributed by atoms with Crippen LogP contribution in [0.3, 0.4) is 0 Å². The zero-order valence-corrected chi connectivity index (χ0v) is 11.0. The predicted octanol–water partition coefficient (Wildman–Crippen LogP) is 0.975. The lowest BCUT2D eigenvalue weighted by molar-refractivity contribution is -0.135. The van der Waals surface area contributed by atoms with Crippen LogP contribution in [-0.2, 0) is 14.3 Å². The molecule has 0 aromatic heterocycles. The summed E-state index contributed by atoms with van der Waals surface area (Å²) in [6, 6.07) is 0. The highest BCUT2D eigenvalue weighted by molar-refractivity contribution is 5.94. The molecule has 1 rings (SSSR count). The van der Waals surface area contributed by atoms with Gasteiger partial charge in [-0.3, -0.25) is 4.90 Å². The van der Waals surface area contributed by atoms with Crippen LogP contribution in [0.1, 0.15) is 25.7 Å². The Kier molecular flexibility index (Phi) is 7.14. The molecule has 6 nitrogen and oxygen atoms in total. The molecule has 2 N–H and O–H groups in total. The maximum Gasteiger partial charge on any atom is 0.331 e. The number of hydrogen-bond acceptors (Lipinski definition) is 4. The molecule has 0 radical (unpaired) electrons. The van der Waals surface area contributed by atoms with Gasteiger partial charge in [0.15, 0.2) is 0 Å². The number of ether oxygens (including phenoxy) is 1. The van der Waals surface area contributed by atoms with E-state index >= 15 is 0 Å². The molecular formula is C13H21NO5. The first kappa shape index (κ1) is 15.7. The fourth-order valence-electron chi connectivity index (χ4n) is 2.04. The summed E-state index contributed by atoms with van der Waals surface area (Å²) in [5, 5.41) is 17.4. The van der Waals surface area contributed by atoms with Gasteiger partial charge in [0.2, 0.25) is 0 Å². The number of carboxylic acid groups (broad SMARTS) is 2. The molecule has 1 aliphatic heterocycles. The number of hydrogen-bond donors (Lipinski definition) is 2. The smallest absolute Gasteiger partial charge is 0.331 e. The molecule has 0 bridgehead atoms. The van der Waals surface area contributed by atoms with E-state index < -0.39 is 11.9 Å². The van der Waals surface area contributed by atoms with Crippen molar-refractivity contribution in [3.63, 3.8) is 0 Å². The molecule has 108 valence electrons. The number of aliphatic carboxylic acids is 2. The maximum atomic E-state index is 10.8. The molecule has 0 aromatic carbocycles. The number of carbonyl (C=O) groups is 2. The second-order valence-electron chi connectivity index (χ2n) is 4.58. The van der Waals surface area contributed by atoms with Crippen molar-refractivity contribution in [2.24, 2.45) is 0 Å². The third-order valence-electron chi connectivity index (χ3n) is 3.10. The maximum absolute atomic E-state index is 10.8. The van der Waals surface area contributed by atoms with E-state index in [1.807, 2.05) is 0 Å². The van der Waals surface area contributed by atoms with Crippen LogP contribution in [0, 0.1) is 0 Å². The highest BCUT2D eigenvalue weighted by Gasteiger charge is 2.11. The van der Waals surface area contributed by atoms with Crippen LogP contribution in [0.2, 0.25) is 0 Å². The van der Waals surface area contributed by atoms with Gasteiger partial charge in [-0.2, -0.15) is 0 Å². The van der Waals surface area contributed by atoms with E-state index in [4.69, 9.17) is 14.9 Å². The Morgan fingerprint density at radius 2 is 1.79 bits per heavy atom. The Morgan fingerprint density at radius 1 is 1.11 bits per heavy atom. The van der Waals surface area contributed by atoms with E-state index in [2.05, 4.69) is 4.90 Å². The van der Waals surface area contributed by atoms with E-state index in [-0.39, 0.29) is 5.57 Å². The second-order valence-corrected chi connectivity index (χ2v) is 4.58.